The maximum atomic E-state index is 11.9. The molecule has 17 heavy (non-hydrogen) atoms. The minimum Gasteiger partial charge on any atom is -0.322 e. The van der Waals surface area contributed by atoms with Gasteiger partial charge in [0.05, 0.1) is 21.8 Å². The molecule has 1 aromatic rings. The number of hydrogen-bond donors (Lipinski definition) is 2. The van der Waals surface area contributed by atoms with Crippen LogP contribution in [0.5, 0.6) is 0 Å². The van der Waals surface area contributed by atoms with Crippen molar-refractivity contribution in [3.63, 3.8) is 0 Å². The standard InChI is InChI=1S/C11H11Cl3N2O/c12-6-4-7(13)10(8(14)5-6)16-11(17)9-2-1-3-15-9/h4-5,9,15H,1-3H2,(H,16,17). The van der Waals surface area contributed by atoms with Gasteiger partial charge in [-0.25, -0.2) is 0 Å². The fourth-order valence-corrected chi connectivity index (χ4v) is 2.69. The fourth-order valence-electron chi connectivity index (χ4n) is 1.78. The highest BCUT2D eigenvalue weighted by Crippen LogP contribution is 2.33. The molecule has 1 aliphatic heterocycles. The summed E-state index contributed by atoms with van der Waals surface area (Å²) in [5, 5.41) is 6.95. The molecule has 0 spiro atoms. The molecule has 1 aromatic carbocycles. The van der Waals surface area contributed by atoms with E-state index in [-0.39, 0.29) is 11.9 Å². The van der Waals surface area contributed by atoms with Crippen molar-refractivity contribution in [3.05, 3.63) is 27.2 Å². The lowest BCUT2D eigenvalue weighted by atomic mass is 10.2. The zero-order valence-corrected chi connectivity index (χ0v) is 11.2. The Labute approximate surface area is 114 Å². The summed E-state index contributed by atoms with van der Waals surface area (Å²) < 4.78 is 0. The first-order chi connectivity index (χ1) is 8.08. The Morgan fingerprint density at radius 1 is 1.29 bits per heavy atom. The van der Waals surface area contributed by atoms with Gasteiger partial charge in [0.25, 0.3) is 0 Å². The molecule has 3 nitrogen and oxygen atoms in total. The molecule has 92 valence electrons. The molecule has 1 unspecified atom stereocenters. The molecule has 0 bridgehead atoms. The van der Waals surface area contributed by atoms with Crippen molar-refractivity contribution in [2.75, 3.05) is 11.9 Å². The number of carbonyl (C=O) groups excluding carboxylic acids is 1. The van der Waals surface area contributed by atoms with Crippen molar-refractivity contribution in [3.8, 4) is 0 Å². The number of carbonyl (C=O) groups is 1. The summed E-state index contributed by atoms with van der Waals surface area (Å²) in [6.07, 6.45) is 1.83. The fraction of sp³-hybridized carbons (Fsp3) is 0.364. The summed E-state index contributed by atoms with van der Waals surface area (Å²) in [6.45, 7) is 0.861. The van der Waals surface area contributed by atoms with Crippen LogP contribution in [0.4, 0.5) is 5.69 Å². The average Bonchev–Trinajstić information content (AvgIpc) is 2.76. The quantitative estimate of drug-likeness (QED) is 0.878. The van der Waals surface area contributed by atoms with Crippen LogP contribution in [0.1, 0.15) is 12.8 Å². The van der Waals surface area contributed by atoms with E-state index >= 15 is 0 Å². The monoisotopic (exact) mass is 292 g/mol. The molecule has 1 atom stereocenters. The SMILES string of the molecule is O=C(Nc1c(Cl)cc(Cl)cc1Cl)C1CCCN1. The molecule has 6 heteroatoms. The molecule has 1 aliphatic rings. The number of halogens is 3. The van der Waals surface area contributed by atoms with E-state index in [2.05, 4.69) is 10.6 Å². The van der Waals surface area contributed by atoms with Crippen LogP contribution in [0.25, 0.3) is 0 Å². The Kier molecular flexibility index (Phi) is 4.15. The molecule has 1 heterocycles. The van der Waals surface area contributed by atoms with Gasteiger partial charge in [-0.05, 0) is 31.5 Å². The van der Waals surface area contributed by atoms with Crippen LogP contribution < -0.4 is 10.6 Å². The van der Waals surface area contributed by atoms with Gasteiger partial charge in [0.2, 0.25) is 5.91 Å². The molecule has 0 radical (unpaired) electrons. The molecule has 2 rings (SSSR count). The molecule has 1 saturated heterocycles. The van der Waals surface area contributed by atoms with Crippen LogP contribution in [-0.4, -0.2) is 18.5 Å². The summed E-state index contributed by atoms with van der Waals surface area (Å²) >= 11 is 17.8. The van der Waals surface area contributed by atoms with E-state index < -0.39 is 0 Å². The van der Waals surface area contributed by atoms with E-state index in [4.69, 9.17) is 34.8 Å². The largest absolute Gasteiger partial charge is 0.322 e. The number of amides is 1. The van der Waals surface area contributed by atoms with Crippen LogP contribution in [0, 0.1) is 0 Å². The van der Waals surface area contributed by atoms with Crippen LogP contribution in [-0.2, 0) is 4.79 Å². The highest BCUT2D eigenvalue weighted by molar-refractivity contribution is 6.42. The van der Waals surface area contributed by atoms with Crippen molar-refractivity contribution < 1.29 is 4.79 Å². The second-order valence-electron chi connectivity index (χ2n) is 3.88. The first-order valence-corrected chi connectivity index (χ1v) is 6.40. The molecular weight excluding hydrogens is 282 g/mol. The van der Waals surface area contributed by atoms with Gasteiger partial charge in [0.15, 0.2) is 0 Å². The Balaban J connectivity index is 2.15. The maximum absolute atomic E-state index is 11.9. The van der Waals surface area contributed by atoms with E-state index in [0.717, 1.165) is 19.4 Å². The average molecular weight is 294 g/mol. The van der Waals surface area contributed by atoms with Crippen molar-refractivity contribution in [2.24, 2.45) is 0 Å². The summed E-state index contributed by atoms with van der Waals surface area (Å²) in [5.74, 6) is -0.117. The lowest BCUT2D eigenvalue weighted by Gasteiger charge is -2.13. The Hall–Kier alpha value is -0.480. The smallest absolute Gasteiger partial charge is 0.241 e. The van der Waals surface area contributed by atoms with E-state index in [9.17, 15) is 4.79 Å². The van der Waals surface area contributed by atoms with Crippen LogP contribution >= 0.6 is 34.8 Å². The lowest BCUT2D eigenvalue weighted by Crippen LogP contribution is -2.35. The second-order valence-corrected chi connectivity index (χ2v) is 5.13. The van der Waals surface area contributed by atoms with Gasteiger partial charge in [-0.2, -0.15) is 0 Å². The Bertz CT molecular complexity index is 421. The predicted molar refractivity (Wildman–Crippen MR) is 71.1 cm³/mol. The molecule has 1 amide bonds. The molecule has 0 saturated carbocycles. The zero-order chi connectivity index (χ0) is 12.4. The second kappa shape index (κ2) is 5.44. The van der Waals surface area contributed by atoms with Crippen LogP contribution in [0.3, 0.4) is 0 Å². The zero-order valence-electron chi connectivity index (χ0n) is 8.90. The summed E-state index contributed by atoms with van der Waals surface area (Å²) in [7, 11) is 0. The van der Waals surface area contributed by atoms with Gasteiger partial charge in [0.1, 0.15) is 0 Å². The summed E-state index contributed by atoms with van der Waals surface area (Å²) in [6, 6.07) is 2.93. The Morgan fingerprint density at radius 2 is 1.94 bits per heavy atom. The van der Waals surface area contributed by atoms with Crippen LogP contribution in [0.15, 0.2) is 12.1 Å². The van der Waals surface area contributed by atoms with Gasteiger partial charge in [-0.1, -0.05) is 34.8 Å². The minimum atomic E-state index is -0.169. The molecule has 0 aromatic heterocycles. The van der Waals surface area contributed by atoms with Crippen molar-refractivity contribution in [1.82, 2.24) is 5.32 Å². The van der Waals surface area contributed by atoms with E-state index in [0.29, 0.717) is 20.8 Å². The maximum Gasteiger partial charge on any atom is 0.241 e. The third-order valence-electron chi connectivity index (χ3n) is 2.63. The van der Waals surface area contributed by atoms with E-state index in [1.165, 1.54) is 0 Å². The van der Waals surface area contributed by atoms with E-state index in [1.54, 1.807) is 12.1 Å². The third kappa shape index (κ3) is 3.05. The number of benzene rings is 1. The highest BCUT2D eigenvalue weighted by Gasteiger charge is 2.23. The normalized spacial score (nSPS) is 19.4. The lowest BCUT2D eigenvalue weighted by molar-refractivity contribution is -0.117. The summed E-state index contributed by atoms with van der Waals surface area (Å²) in [4.78, 5) is 11.9. The van der Waals surface area contributed by atoms with Gasteiger partial charge >= 0.3 is 0 Å². The molecule has 0 aliphatic carbocycles. The highest BCUT2D eigenvalue weighted by atomic mass is 35.5. The van der Waals surface area contributed by atoms with Crippen LogP contribution in [0.2, 0.25) is 15.1 Å². The minimum absolute atomic E-state index is 0.117. The van der Waals surface area contributed by atoms with Gasteiger partial charge in [-0.15, -0.1) is 0 Å². The first kappa shape index (κ1) is 13.0. The first-order valence-electron chi connectivity index (χ1n) is 5.26. The third-order valence-corrected chi connectivity index (χ3v) is 3.45. The van der Waals surface area contributed by atoms with Gasteiger partial charge in [0, 0.05) is 5.02 Å². The number of anilines is 1. The van der Waals surface area contributed by atoms with Crippen molar-refractivity contribution in [2.45, 2.75) is 18.9 Å². The number of rotatable bonds is 2. The Morgan fingerprint density at radius 3 is 2.47 bits per heavy atom. The summed E-state index contributed by atoms with van der Waals surface area (Å²) in [5.41, 5.74) is 0.413. The topological polar surface area (TPSA) is 41.1 Å². The van der Waals surface area contributed by atoms with Crippen molar-refractivity contribution >= 4 is 46.4 Å². The van der Waals surface area contributed by atoms with E-state index in [1.807, 2.05) is 0 Å². The molecule has 1 fully saturated rings. The van der Waals surface area contributed by atoms with Gasteiger partial charge in [-0.3, -0.25) is 4.79 Å². The number of nitrogens with one attached hydrogen (secondary N) is 2. The van der Waals surface area contributed by atoms with Crippen molar-refractivity contribution in [1.29, 1.82) is 0 Å². The molecule has 2 N–H and O–H groups in total. The number of hydrogen-bond acceptors (Lipinski definition) is 2. The van der Waals surface area contributed by atoms with Gasteiger partial charge < -0.3 is 10.6 Å². The molecular formula is C11H11Cl3N2O. The predicted octanol–water partition coefficient (Wildman–Crippen LogP) is 3.34.